The molecule has 0 spiro atoms. The van der Waals surface area contributed by atoms with Crippen molar-refractivity contribution in [1.82, 2.24) is 20.4 Å². The first-order valence-electron chi connectivity index (χ1n) is 8.09. The van der Waals surface area contributed by atoms with Gasteiger partial charge in [-0.1, -0.05) is 41.3 Å². The average Bonchev–Trinajstić information content (AvgIpc) is 3.34. The summed E-state index contributed by atoms with van der Waals surface area (Å²) in [4.78, 5) is 0. The largest absolute Gasteiger partial charge is 0.419 e. The highest BCUT2D eigenvalue weighted by molar-refractivity contribution is 8.01. The van der Waals surface area contributed by atoms with Crippen molar-refractivity contribution < 1.29 is 8.81 Å². The molecule has 4 aromatic rings. The van der Waals surface area contributed by atoms with Gasteiger partial charge in [-0.2, -0.15) is 0 Å². The van der Waals surface area contributed by atoms with E-state index < -0.39 is 0 Å². The second-order valence-electron chi connectivity index (χ2n) is 5.58. The predicted molar refractivity (Wildman–Crippen MR) is 104 cm³/mol. The van der Waals surface area contributed by atoms with Crippen LogP contribution in [0.5, 0.6) is 0 Å². The third-order valence-electron chi connectivity index (χ3n) is 3.59. The molecule has 0 aliphatic rings. The van der Waals surface area contributed by atoms with Gasteiger partial charge in [0.15, 0.2) is 4.34 Å². The lowest BCUT2D eigenvalue weighted by Gasteiger charge is -2.02. The van der Waals surface area contributed by atoms with Crippen LogP contribution >= 0.6 is 23.1 Å². The Morgan fingerprint density at radius 1 is 1.00 bits per heavy atom. The van der Waals surface area contributed by atoms with E-state index in [1.54, 1.807) is 12.1 Å². The maximum Gasteiger partial charge on any atom is 0.247 e. The van der Waals surface area contributed by atoms with Gasteiger partial charge in [0.05, 0.1) is 5.25 Å². The van der Waals surface area contributed by atoms with Crippen LogP contribution in [0.1, 0.15) is 18.1 Å². The van der Waals surface area contributed by atoms with Gasteiger partial charge in [0, 0.05) is 11.3 Å². The molecule has 1 atom stereocenters. The lowest BCUT2D eigenvalue weighted by Crippen LogP contribution is -1.89. The molecule has 136 valence electrons. The first kappa shape index (κ1) is 17.6. The van der Waals surface area contributed by atoms with Gasteiger partial charge >= 0.3 is 0 Å². The van der Waals surface area contributed by atoms with Crippen LogP contribution in [0.2, 0.25) is 0 Å². The minimum absolute atomic E-state index is 0.0680. The molecule has 2 aromatic carbocycles. The lowest BCUT2D eigenvalue weighted by molar-refractivity contribution is 0.509. The van der Waals surface area contributed by atoms with E-state index in [2.05, 4.69) is 25.7 Å². The molecule has 0 aliphatic heterocycles. The topological polar surface area (TPSA) is 76.7 Å². The molecule has 0 fully saturated rings. The van der Waals surface area contributed by atoms with Crippen LogP contribution in [-0.2, 0) is 0 Å². The Bertz CT molecular complexity index is 1020. The number of anilines is 2. The van der Waals surface area contributed by atoms with Gasteiger partial charge in [-0.25, -0.2) is 4.39 Å². The standard InChI is InChI=1S/C18H14FN5OS2/c1-11(15-21-22-16(25-15)12-5-3-2-4-6-12)26-18-24-23-17(27-18)20-14-9-7-13(19)8-10-14/h2-11H,1H3,(H,20,23). The van der Waals surface area contributed by atoms with Crippen molar-refractivity contribution in [3.8, 4) is 11.5 Å². The number of hydrogen-bond donors (Lipinski definition) is 1. The van der Waals surface area contributed by atoms with Crippen molar-refractivity contribution in [2.45, 2.75) is 16.5 Å². The number of halogens is 1. The second kappa shape index (κ2) is 7.85. The molecule has 4 rings (SSSR count). The van der Waals surface area contributed by atoms with Crippen LogP contribution < -0.4 is 5.32 Å². The summed E-state index contributed by atoms with van der Waals surface area (Å²) in [7, 11) is 0. The maximum atomic E-state index is 13.0. The maximum absolute atomic E-state index is 13.0. The number of aromatic nitrogens is 4. The summed E-state index contributed by atoms with van der Waals surface area (Å²) < 4.78 is 19.5. The zero-order valence-electron chi connectivity index (χ0n) is 14.2. The number of thioether (sulfide) groups is 1. The highest BCUT2D eigenvalue weighted by Crippen LogP contribution is 2.38. The van der Waals surface area contributed by atoms with E-state index in [0.717, 1.165) is 15.6 Å². The van der Waals surface area contributed by atoms with E-state index >= 15 is 0 Å². The number of nitrogens with zero attached hydrogens (tertiary/aromatic N) is 4. The Kier molecular flexibility index (Phi) is 5.12. The number of rotatable bonds is 6. The summed E-state index contributed by atoms with van der Waals surface area (Å²) in [6, 6.07) is 15.7. The summed E-state index contributed by atoms with van der Waals surface area (Å²) in [5.41, 5.74) is 1.64. The minimum Gasteiger partial charge on any atom is -0.419 e. The smallest absolute Gasteiger partial charge is 0.247 e. The fourth-order valence-corrected chi connectivity index (χ4v) is 4.21. The predicted octanol–water partition coefficient (Wildman–Crippen LogP) is 5.32. The van der Waals surface area contributed by atoms with E-state index in [-0.39, 0.29) is 11.1 Å². The van der Waals surface area contributed by atoms with E-state index in [9.17, 15) is 4.39 Å². The second-order valence-corrected chi connectivity index (χ2v) is 8.14. The van der Waals surface area contributed by atoms with Gasteiger partial charge < -0.3 is 9.73 Å². The highest BCUT2D eigenvalue weighted by Gasteiger charge is 2.18. The van der Waals surface area contributed by atoms with Gasteiger partial charge in [-0.15, -0.1) is 20.4 Å². The van der Waals surface area contributed by atoms with Gasteiger partial charge in [-0.05, 0) is 43.3 Å². The van der Waals surface area contributed by atoms with Crippen LogP contribution in [0.4, 0.5) is 15.2 Å². The molecule has 1 N–H and O–H groups in total. The molecular weight excluding hydrogens is 385 g/mol. The molecule has 0 bridgehead atoms. The van der Waals surface area contributed by atoms with Gasteiger partial charge in [0.2, 0.25) is 16.9 Å². The molecule has 2 aromatic heterocycles. The normalized spacial score (nSPS) is 12.1. The molecule has 0 saturated carbocycles. The zero-order valence-corrected chi connectivity index (χ0v) is 15.8. The van der Waals surface area contributed by atoms with Gasteiger partial charge in [-0.3, -0.25) is 0 Å². The van der Waals surface area contributed by atoms with Crippen LogP contribution in [0.25, 0.3) is 11.5 Å². The molecule has 6 nitrogen and oxygen atoms in total. The Morgan fingerprint density at radius 2 is 1.78 bits per heavy atom. The SMILES string of the molecule is CC(Sc1nnc(Nc2ccc(F)cc2)s1)c1nnc(-c2ccccc2)o1. The van der Waals surface area contributed by atoms with Crippen molar-refractivity contribution in [3.63, 3.8) is 0 Å². The van der Waals surface area contributed by atoms with Gasteiger partial charge in [0.1, 0.15) is 5.82 Å². The average molecular weight is 399 g/mol. The molecule has 0 aliphatic carbocycles. The number of benzene rings is 2. The molecular formula is C18H14FN5OS2. The van der Waals surface area contributed by atoms with Crippen LogP contribution in [0, 0.1) is 5.82 Å². The summed E-state index contributed by atoms with van der Waals surface area (Å²) in [5.74, 6) is 0.744. The van der Waals surface area contributed by atoms with Gasteiger partial charge in [0.25, 0.3) is 0 Å². The Labute approximate surface area is 162 Å². The van der Waals surface area contributed by atoms with Crippen molar-refractivity contribution in [3.05, 3.63) is 66.3 Å². The Balaban J connectivity index is 1.41. The zero-order chi connectivity index (χ0) is 18.6. The first-order valence-corrected chi connectivity index (χ1v) is 9.78. The fraction of sp³-hybridized carbons (Fsp3) is 0.111. The van der Waals surface area contributed by atoms with Crippen molar-refractivity contribution in [2.24, 2.45) is 0 Å². The highest BCUT2D eigenvalue weighted by atomic mass is 32.2. The monoisotopic (exact) mass is 399 g/mol. The molecule has 0 radical (unpaired) electrons. The molecule has 2 heterocycles. The van der Waals surface area contributed by atoms with E-state index in [1.807, 2.05) is 37.3 Å². The van der Waals surface area contributed by atoms with Crippen molar-refractivity contribution in [2.75, 3.05) is 5.32 Å². The summed E-state index contributed by atoms with van der Waals surface area (Å²) in [6.07, 6.45) is 0. The van der Waals surface area contributed by atoms with E-state index in [4.69, 9.17) is 4.42 Å². The Morgan fingerprint density at radius 3 is 2.56 bits per heavy atom. The van der Waals surface area contributed by atoms with Crippen LogP contribution in [0.3, 0.4) is 0 Å². The van der Waals surface area contributed by atoms with Crippen molar-refractivity contribution >= 4 is 33.9 Å². The number of nitrogens with one attached hydrogen (secondary N) is 1. The van der Waals surface area contributed by atoms with E-state index in [1.165, 1.54) is 35.2 Å². The molecule has 27 heavy (non-hydrogen) atoms. The fourth-order valence-electron chi connectivity index (χ4n) is 2.26. The summed E-state index contributed by atoms with van der Waals surface area (Å²) in [6.45, 7) is 1.97. The summed E-state index contributed by atoms with van der Waals surface area (Å²) >= 11 is 2.89. The van der Waals surface area contributed by atoms with Crippen molar-refractivity contribution in [1.29, 1.82) is 0 Å². The van der Waals surface area contributed by atoms with E-state index in [0.29, 0.717) is 16.9 Å². The molecule has 0 saturated heterocycles. The third kappa shape index (κ3) is 4.32. The Hall–Kier alpha value is -2.78. The minimum atomic E-state index is -0.280. The number of hydrogen-bond acceptors (Lipinski definition) is 8. The quantitative estimate of drug-likeness (QED) is 0.439. The van der Waals surface area contributed by atoms with Crippen LogP contribution in [-0.4, -0.2) is 20.4 Å². The molecule has 0 amide bonds. The molecule has 1 unspecified atom stereocenters. The first-order chi connectivity index (χ1) is 13.2. The summed E-state index contributed by atoms with van der Waals surface area (Å²) in [5, 5.41) is 20.2. The lowest BCUT2D eigenvalue weighted by atomic mass is 10.2. The molecule has 9 heteroatoms. The van der Waals surface area contributed by atoms with Crippen LogP contribution in [0.15, 0.2) is 63.4 Å². The third-order valence-corrected chi connectivity index (χ3v) is 5.60.